The molecule has 6 N–H and O–H groups in total. The van der Waals surface area contributed by atoms with E-state index in [0.717, 1.165) is 0 Å². The van der Waals surface area contributed by atoms with Crippen LogP contribution in [-0.4, -0.2) is 113 Å². The topological polar surface area (TPSA) is 202 Å². The molecule has 152 valence electrons. The molecule has 26 heavy (non-hydrogen) atoms. The Kier molecular flexibility index (Phi) is 5.84. The van der Waals surface area contributed by atoms with Gasteiger partial charge < -0.3 is 44.5 Å². The normalized spacial score (nSPS) is 49.3. The Bertz CT molecular complexity index is 598. The number of ether oxygens (including phenoxy) is 4. The fourth-order valence-electron chi connectivity index (χ4n) is 3.18. The summed E-state index contributed by atoms with van der Waals surface area (Å²) in [6.45, 7) is -0.833. The molecule has 13 nitrogen and oxygen atoms in total. The standard InChI is InChI=1S/C12H20O13S/c13-1-3-5(14)9(6(15)11(17)22-3)24-12-7(16)10-8(25-26(18,19)20)4(23-12)2-21-10/h3-17H,1-2H2,(H,18,19,20)/t3-,4-,5+,6-,7-,8+,9+,10-,11-,12-/m1/s1. The molecule has 0 saturated carbocycles. The van der Waals surface area contributed by atoms with E-state index in [1.807, 2.05) is 0 Å². The molecule has 14 heteroatoms. The van der Waals surface area contributed by atoms with E-state index in [0.29, 0.717) is 0 Å². The predicted octanol–water partition coefficient (Wildman–Crippen LogP) is -4.52. The third-order valence-corrected chi connectivity index (χ3v) is 4.90. The van der Waals surface area contributed by atoms with Crippen molar-refractivity contribution in [3.63, 3.8) is 0 Å². The van der Waals surface area contributed by atoms with E-state index in [-0.39, 0.29) is 6.61 Å². The van der Waals surface area contributed by atoms with E-state index in [1.54, 1.807) is 0 Å². The van der Waals surface area contributed by atoms with Crippen molar-refractivity contribution in [2.24, 2.45) is 0 Å². The van der Waals surface area contributed by atoms with E-state index in [1.165, 1.54) is 0 Å². The number of hydrogen-bond donors (Lipinski definition) is 6. The van der Waals surface area contributed by atoms with Crippen LogP contribution in [0.5, 0.6) is 0 Å². The molecule has 3 rings (SSSR count). The minimum Gasteiger partial charge on any atom is -0.394 e. The zero-order valence-corrected chi connectivity index (χ0v) is 14.0. The van der Waals surface area contributed by atoms with Gasteiger partial charge in [-0.25, -0.2) is 4.18 Å². The lowest BCUT2D eigenvalue weighted by atomic mass is 9.98. The van der Waals surface area contributed by atoms with Crippen molar-refractivity contribution >= 4 is 10.4 Å². The summed E-state index contributed by atoms with van der Waals surface area (Å²) in [6.07, 6.45) is -14.4. The number of hydrogen-bond acceptors (Lipinski definition) is 12. The van der Waals surface area contributed by atoms with Gasteiger partial charge in [0, 0.05) is 0 Å². The number of rotatable bonds is 5. The van der Waals surface area contributed by atoms with Gasteiger partial charge in [0.1, 0.15) is 48.8 Å². The summed E-state index contributed by atoms with van der Waals surface area (Å²) in [5, 5.41) is 49.1. The zero-order chi connectivity index (χ0) is 19.2. The van der Waals surface area contributed by atoms with Crippen LogP contribution in [0.15, 0.2) is 0 Å². The van der Waals surface area contributed by atoms with Gasteiger partial charge in [-0.1, -0.05) is 0 Å². The van der Waals surface area contributed by atoms with Crippen molar-refractivity contribution in [1.82, 2.24) is 0 Å². The number of aliphatic hydroxyl groups excluding tert-OH is 5. The van der Waals surface area contributed by atoms with Crippen LogP contribution < -0.4 is 0 Å². The zero-order valence-electron chi connectivity index (χ0n) is 13.1. The maximum Gasteiger partial charge on any atom is 0.397 e. The van der Waals surface area contributed by atoms with Crippen LogP contribution in [0.3, 0.4) is 0 Å². The molecule has 0 aromatic carbocycles. The fourth-order valence-corrected chi connectivity index (χ4v) is 3.69. The van der Waals surface area contributed by atoms with Gasteiger partial charge in [-0.15, -0.1) is 0 Å². The lowest BCUT2D eigenvalue weighted by molar-refractivity contribution is -0.341. The quantitative estimate of drug-likeness (QED) is 0.239. The molecule has 0 radical (unpaired) electrons. The first-order valence-corrected chi connectivity index (χ1v) is 9.05. The predicted molar refractivity (Wildman–Crippen MR) is 75.7 cm³/mol. The third-order valence-electron chi connectivity index (χ3n) is 4.43. The minimum atomic E-state index is -4.82. The van der Waals surface area contributed by atoms with Gasteiger partial charge in [-0.05, 0) is 0 Å². The Morgan fingerprint density at radius 1 is 1.00 bits per heavy atom. The van der Waals surface area contributed by atoms with Gasteiger partial charge in [-0.2, -0.15) is 8.42 Å². The van der Waals surface area contributed by atoms with Crippen LogP contribution >= 0.6 is 0 Å². The molecule has 3 saturated heterocycles. The monoisotopic (exact) mass is 404 g/mol. The highest BCUT2D eigenvalue weighted by Crippen LogP contribution is 2.35. The average molecular weight is 404 g/mol. The molecule has 0 aromatic heterocycles. The van der Waals surface area contributed by atoms with Crippen LogP contribution in [-0.2, 0) is 33.5 Å². The van der Waals surface area contributed by atoms with E-state index < -0.39 is 78.4 Å². The van der Waals surface area contributed by atoms with Crippen LogP contribution in [0.2, 0.25) is 0 Å². The highest BCUT2D eigenvalue weighted by molar-refractivity contribution is 7.80. The van der Waals surface area contributed by atoms with Gasteiger partial charge in [0.15, 0.2) is 12.6 Å². The molecule has 0 amide bonds. The molecule has 2 bridgehead atoms. The van der Waals surface area contributed by atoms with Gasteiger partial charge in [0.25, 0.3) is 0 Å². The Morgan fingerprint density at radius 2 is 1.69 bits per heavy atom. The minimum absolute atomic E-state index is 0.164. The fraction of sp³-hybridized carbons (Fsp3) is 1.00. The van der Waals surface area contributed by atoms with Gasteiger partial charge in [-0.3, -0.25) is 4.55 Å². The van der Waals surface area contributed by atoms with Crippen molar-refractivity contribution in [3.05, 3.63) is 0 Å². The average Bonchev–Trinajstić information content (AvgIpc) is 2.84. The Morgan fingerprint density at radius 3 is 2.31 bits per heavy atom. The van der Waals surface area contributed by atoms with Gasteiger partial charge in [0.05, 0.1) is 13.2 Å². The van der Waals surface area contributed by atoms with Crippen molar-refractivity contribution in [2.75, 3.05) is 13.2 Å². The maximum absolute atomic E-state index is 10.9. The first kappa shape index (κ1) is 20.2. The van der Waals surface area contributed by atoms with Crippen molar-refractivity contribution in [1.29, 1.82) is 0 Å². The van der Waals surface area contributed by atoms with Crippen LogP contribution in [0.1, 0.15) is 0 Å². The summed E-state index contributed by atoms with van der Waals surface area (Å²) in [4.78, 5) is 0. The molecule has 3 aliphatic rings. The highest BCUT2D eigenvalue weighted by atomic mass is 32.3. The summed E-state index contributed by atoms with van der Waals surface area (Å²) >= 11 is 0. The van der Waals surface area contributed by atoms with Crippen LogP contribution in [0.4, 0.5) is 0 Å². The second-order valence-electron chi connectivity index (χ2n) is 6.15. The SMILES string of the molecule is O=S(=O)(O)O[C@@H]1[C@@H]2OC[C@H]1O[C@H](O[C@@H]1[C@@H](O)[C@H](O)O[C@H](CO)[C@@H]1O)[C@@H]2O. The summed E-state index contributed by atoms with van der Waals surface area (Å²) in [7, 11) is -4.82. The van der Waals surface area contributed by atoms with Crippen LogP contribution in [0, 0.1) is 0 Å². The molecule has 0 unspecified atom stereocenters. The van der Waals surface area contributed by atoms with Gasteiger partial charge >= 0.3 is 10.4 Å². The maximum atomic E-state index is 10.9. The highest BCUT2D eigenvalue weighted by Gasteiger charge is 2.55. The van der Waals surface area contributed by atoms with E-state index in [2.05, 4.69) is 4.18 Å². The lowest BCUT2D eigenvalue weighted by Gasteiger charge is -2.43. The van der Waals surface area contributed by atoms with Crippen molar-refractivity contribution < 1.29 is 61.6 Å². The second kappa shape index (κ2) is 7.50. The summed E-state index contributed by atoms with van der Waals surface area (Å²) in [5.74, 6) is 0. The van der Waals surface area contributed by atoms with E-state index in [9.17, 15) is 28.8 Å². The Hall–Kier alpha value is -0.490. The number of fused-ring (bicyclic) bond motifs is 2. The van der Waals surface area contributed by atoms with E-state index in [4.69, 9.17) is 28.6 Å². The summed E-state index contributed by atoms with van der Waals surface area (Å²) in [6, 6.07) is 0. The first-order valence-electron chi connectivity index (χ1n) is 7.69. The summed E-state index contributed by atoms with van der Waals surface area (Å²) < 4.78 is 55.7. The number of aliphatic hydroxyl groups is 5. The van der Waals surface area contributed by atoms with E-state index >= 15 is 0 Å². The second-order valence-corrected chi connectivity index (χ2v) is 7.20. The molecule has 0 spiro atoms. The molecule has 10 atom stereocenters. The largest absolute Gasteiger partial charge is 0.397 e. The lowest BCUT2D eigenvalue weighted by Crippen LogP contribution is -2.63. The third kappa shape index (κ3) is 3.87. The Balaban J connectivity index is 1.71. The molecule has 3 heterocycles. The molecular weight excluding hydrogens is 384 g/mol. The van der Waals surface area contributed by atoms with Gasteiger partial charge in [0.2, 0.25) is 0 Å². The summed E-state index contributed by atoms with van der Waals surface area (Å²) in [5.41, 5.74) is 0. The smallest absolute Gasteiger partial charge is 0.394 e. The molecule has 3 aliphatic heterocycles. The van der Waals surface area contributed by atoms with Crippen LogP contribution in [0.25, 0.3) is 0 Å². The van der Waals surface area contributed by atoms with Crippen molar-refractivity contribution in [2.45, 2.75) is 61.4 Å². The molecule has 3 fully saturated rings. The molecular formula is C12H20O13S. The Labute approximate surface area is 147 Å². The van der Waals surface area contributed by atoms with Crippen molar-refractivity contribution in [3.8, 4) is 0 Å². The first-order chi connectivity index (χ1) is 12.1. The molecule has 0 aliphatic carbocycles. The molecule has 0 aromatic rings.